The van der Waals surface area contributed by atoms with Crippen LogP contribution in [0.25, 0.3) is 0 Å². The van der Waals surface area contributed by atoms with E-state index in [0.717, 1.165) is 25.7 Å². The minimum Gasteiger partial charge on any atom is -0.508 e. The lowest BCUT2D eigenvalue weighted by molar-refractivity contribution is -0.123. The zero-order valence-corrected chi connectivity index (χ0v) is 21.1. The van der Waals surface area contributed by atoms with Gasteiger partial charge in [-0.25, -0.2) is 0 Å². The molecule has 1 aliphatic carbocycles. The van der Waals surface area contributed by atoms with Crippen LogP contribution in [-0.4, -0.2) is 48.4 Å². The second kappa shape index (κ2) is 10.9. The number of phenolic OH excluding ortho intramolecular Hbond substituents is 2. The van der Waals surface area contributed by atoms with Gasteiger partial charge in [0.2, 0.25) is 5.91 Å². The number of methoxy groups -OCH3 is 1. The van der Waals surface area contributed by atoms with Gasteiger partial charge in [-0.2, -0.15) is 0 Å². The smallest absolute Gasteiger partial charge is 0.259 e. The Morgan fingerprint density at radius 3 is 2.47 bits per heavy atom. The van der Waals surface area contributed by atoms with Crippen molar-refractivity contribution >= 4 is 17.5 Å². The van der Waals surface area contributed by atoms with Crippen molar-refractivity contribution in [3.05, 3.63) is 71.8 Å². The number of hydrogen-bond donors (Lipinski definition) is 3. The standard InChI is InChI=1S/C29H30N2O7/c1-36-25-15-18(9-11-23(25)33)27(28(34)30-20-5-2-3-6-20)31(21-7-4-8-22(32)17-21)29(35)19-10-12-24-26(16-19)38-14-13-37-24/h4,7-12,15-17,20,27,32-33H,2-3,5-6,13-14H2,1H3,(H,30,34)/t27-/m1/s1. The van der Waals surface area contributed by atoms with E-state index in [1.165, 1.54) is 30.2 Å². The predicted octanol–water partition coefficient (Wildman–Crippen LogP) is 4.32. The van der Waals surface area contributed by atoms with E-state index in [2.05, 4.69) is 5.32 Å². The van der Waals surface area contributed by atoms with Gasteiger partial charge in [0.15, 0.2) is 23.0 Å². The lowest BCUT2D eigenvalue weighted by Crippen LogP contribution is -2.46. The molecule has 1 heterocycles. The molecule has 0 radical (unpaired) electrons. The van der Waals surface area contributed by atoms with E-state index in [-0.39, 0.29) is 34.8 Å². The number of hydrogen-bond acceptors (Lipinski definition) is 7. The van der Waals surface area contributed by atoms with Gasteiger partial charge in [0.05, 0.1) is 7.11 Å². The summed E-state index contributed by atoms with van der Waals surface area (Å²) in [6, 6.07) is 14.5. The highest BCUT2D eigenvalue weighted by atomic mass is 16.6. The number of carbonyl (C=O) groups excluding carboxylic acids is 2. The second-order valence-corrected chi connectivity index (χ2v) is 9.38. The van der Waals surface area contributed by atoms with Crippen LogP contribution in [0.15, 0.2) is 60.7 Å². The Morgan fingerprint density at radius 1 is 0.974 bits per heavy atom. The Balaban J connectivity index is 1.63. The normalized spacial score (nSPS) is 15.5. The maximum atomic E-state index is 14.2. The number of nitrogens with one attached hydrogen (secondary N) is 1. The number of aromatic hydroxyl groups is 2. The molecule has 0 bridgehead atoms. The molecule has 0 saturated heterocycles. The van der Waals surface area contributed by atoms with Gasteiger partial charge in [0, 0.05) is 23.4 Å². The summed E-state index contributed by atoms with van der Waals surface area (Å²) in [6.45, 7) is 0.780. The van der Waals surface area contributed by atoms with Crippen molar-refractivity contribution in [2.75, 3.05) is 25.2 Å². The largest absolute Gasteiger partial charge is 0.508 e. The Morgan fingerprint density at radius 2 is 1.74 bits per heavy atom. The number of nitrogens with zero attached hydrogens (tertiary/aromatic N) is 1. The van der Waals surface area contributed by atoms with E-state index >= 15 is 0 Å². The maximum absolute atomic E-state index is 14.2. The third-order valence-corrected chi connectivity index (χ3v) is 6.84. The van der Waals surface area contributed by atoms with Gasteiger partial charge in [-0.1, -0.05) is 25.0 Å². The fraction of sp³-hybridized carbons (Fsp3) is 0.310. The predicted molar refractivity (Wildman–Crippen MR) is 140 cm³/mol. The number of ether oxygens (including phenoxy) is 3. The van der Waals surface area contributed by atoms with Gasteiger partial charge >= 0.3 is 0 Å². The van der Waals surface area contributed by atoms with Crippen LogP contribution in [0.5, 0.6) is 28.7 Å². The highest BCUT2D eigenvalue weighted by Crippen LogP contribution is 2.37. The summed E-state index contributed by atoms with van der Waals surface area (Å²) >= 11 is 0. The molecule has 3 aromatic carbocycles. The fourth-order valence-electron chi connectivity index (χ4n) is 4.97. The van der Waals surface area contributed by atoms with Gasteiger partial charge in [-0.05, 0) is 60.9 Å². The van der Waals surface area contributed by atoms with Crippen molar-refractivity contribution in [3.8, 4) is 28.7 Å². The van der Waals surface area contributed by atoms with Gasteiger partial charge < -0.3 is 29.7 Å². The van der Waals surface area contributed by atoms with Crippen LogP contribution in [0.3, 0.4) is 0 Å². The Labute approximate surface area is 220 Å². The Bertz CT molecular complexity index is 1340. The number of carbonyl (C=O) groups is 2. The van der Waals surface area contributed by atoms with Crippen LogP contribution in [-0.2, 0) is 4.79 Å². The van der Waals surface area contributed by atoms with Crippen molar-refractivity contribution in [2.24, 2.45) is 0 Å². The van der Waals surface area contributed by atoms with Gasteiger partial charge in [-0.15, -0.1) is 0 Å². The number of rotatable bonds is 7. The van der Waals surface area contributed by atoms with Crippen molar-refractivity contribution in [1.29, 1.82) is 0 Å². The number of anilines is 1. The summed E-state index contributed by atoms with van der Waals surface area (Å²) in [5, 5.41) is 23.6. The molecular weight excluding hydrogens is 488 g/mol. The van der Waals surface area contributed by atoms with E-state index in [0.29, 0.717) is 36.0 Å². The van der Waals surface area contributed by atoms with E-state index in [4.69, 9.17) is 14.2 Å². The topological polar surface area (TPSA) is 118 Å². The SMILES string of the molecule is COc1cc([C@H](C(=O)NC2CCCC2)N(C(=O)c2ccc3c(c2)OCCO3)c2cccc(O)c2)ccc1O. The lowest BCUT2D eigenvalue weighted by atomic mass is 10.00. The van der Waals surface area contributed by atoms with Crippen molar-refractivity contribution < 1.29 is 34.0 Å². The summed E-state index contributed by atoms with van der Waals surface area (Å²) < 4.78 is 16.6. The molecule has 0 unspecified atom stereocenters. The van der Waals surface area contributed by atoms with Crippen LogP contribution in [0.1, 0.15) is 47.6 Å². The van der Waals surface area contributed by atoms with Crippen LogP contribution in [0.4, 0.5) is 5.69 Å². The number of phenols is 2. The summed E-state index contributed by atoms with van der Waals surface area (Å²) in [7, 11) is 1.42. The molecule has 2 amide bonds. The van der Waals surface area contributed by atoms with E-state index < -0.39 is 11.9 Å². The quantitative estimate of drug-likeness (QED) is 0.426. The zero-order chi connectivity index (χ0) is 26.6. The van der Waals surface area contributed by atoms with Gasteiger partial charge in [0.1, 0.15) is 25.0 Å². The van der Waals surface area contributed by atoms with Gasteiger partial charge in [-0.3, -0.25) is 14.5 Å². The molecule has 3 N–H and O–H groups in total. The van der Waals surface area contributed by atoms with E-state index in [9.17, 15) is 19.8 Å². The fourth-order valence-corrected chi connectivity index (χ4v) is 4.97. The molecule has 1 saturated carbocycles. The molecule has 9 nitrogen and oxygen atoms in total. The molecule has 3 aromatic rings. The summed E-state index contributed by atoms with van der Waals surface area (Å²) in [5.74, 6) is 0.148. The average Bonchev–Trinajstić information content (AvgIpc) is 3.44. The summed E-state index contributed by atoms with van der Waals surface area (Å²) in [5.41, 5.74) is 1.04. The van der Waals surface area contributed by atoms with Gasteiger partial charge in [0.25, 0.3) is 5.91 Å². The highest BCUT2D eigenvalue weighted by molar-refractivity contribution is 6.10. The number of fused-ring (bicyclic) bond motifs is 1. The Hall–Kier alpha value is -4.40. The average molecular weight is 519 g/mol. The molecular formula is C29H30N2O7. The van der Waals surface area contributed by atoms with Crippen molar-refractivity contribution in [3.63, 3.8) is 0 Å². The van der Waals surface area contributed by atoms with Crippen LogP contribution in [0.2, 0.25) is 0 Å². The molecule has 0 aromatic heterocycles. The Kier molecular flexibility index (Phi) is 7.26. The molecule has 1 fully saturated rings. The first kappa shape index (κ1) is 25.3. The van der Waals surface area contributed by atoms with Crippen LogP contribution < -0.4 is 24.4 Å². The highest BCUT2D eigenvalue weighted by Gasteiger charge is 2.36. The molecule has 1 atom stereocenters. The van der Waals surface area contributed by atoms with Crippen LogP contribution in [0, 0.1) is 0 Å². The molecule has 38 heavy (non-hydrogen) atoms. The number of amides is 2. The molecule has 0 spiro atoms. The second-order valence-electron chi connectivity index (χ2n) is 9.38. The zero-order valence-electron chi connectivity index (χ0n) is 21.1. The van der Waals surface area contributed by atoms with Crippen molar-refractivity contribution in [1.82, 2.24) is 5.32 Å². The molecule has 5 rings (SSSR count). The third-order valence-electron chi connectivity index (χ3n) is 6.84. The molecule has 2 aliphatic rings. The van der Waals surface area contributed by atoms with E-state index in [1.54, 1.807) is 42.5 Å². The minimum atomic E-state index is -1.13. The lowest BCUT2D eigenvalue weighted by Gasteiger charge is -2.33. The third kappa shape index (κ3) is 5.18. The molecule has 9 heteroatoms. The minimum absolute atomic E-state index is 0.000526. The first-order chi connectivity index (χ1) is 18.4. The molecule has 198 valence electrons. The van der Waals surface area contributed by atoms with Crippen molar-refractivity contribution in [2.45, 2.75) is 37.8 Å². The summed E-state index contributed by atoms with van der Waals surface area (Å²) in [6.07, 6.45) is 3.77. The first-order valence-electron chi connectivity index (χ1n) is 12.6. The maximum Gasteiger partial charge on any atom is 0.259 e. The monoisotopic (exact) mass is 518 g/mol. The molecule has 1 aliphatic heterocycles. The van der Waals surface area contributed by atoms with Crippen LogP contribution >= 0.6 is 0 Å². The first-order valence-corrected chi connectivity index (χ1v) is 12.6. The summed E-state index contributed by atoms with van der Waals surface area (Å²) in [4.78, 5) is 29.5. The van der Waals surface area contributed by atoms with E-state index in [1.807, 2.05) is 0 Å². The number of benzene rings is 3.